The zero-order chi connectivity index (χ0) is 16.1. The number of halogens is 1. The number of aryl methyl sites for hydroxylation is 3. The number of aromatic nitrogens is 2. The summed E-state index contributed by atoms with van der Waals surface area (Å²) in [7, 11) is 2.01. The Hall–Kier alpha value is -2.75. The molecule has 0 saturated heterocycles. The van der Waals surface area contributed by atoms with Gasteiger partial charge >= 0.3 is 0 Å². The maximum absolute atomic E-state index is 13.4. The zero-order valence-corrected chi connectivity index (χ0v) is 13.2. The summed E-state index contributed by atoms with van der Waals surface area (Å²) < 4.78 is 21.4. The Morgan fingerprint density at radius 1 is 1.04 bits per heavy atom. The topological polar surface area (TPSA) is 29.9 Å². The first-order valence-corrected chi connectivity index (χ1v) is 7.49. The highest BCUT2D eigenvalue weighted by Crippen LogP contribution is 2.36. The van der Waals surface area contributed by atoms with E-state index >= 15 is 0 Å². The highest BCUT2D eigenvalue weighted by Gasteiger charge is 2.21. The Labute approximate surface area is 133 Å². The lowest BCUT2D eigenvalue weighted by atomic mass is 10.00. The molecule has 0 bridgehead atoms. The maximum Gasteiger partial charge on any atom is 0.229 e. The minimum absolute atomic E-state index is 0.335. The maximum atomic E-state index is 13.4. The molecule has 4 heteroatoms. The lowest BCUT2D eigenvalue weighted by molar-refractivity contribution is -0.660. The zero-order valence-electron chi connectivity index (χ0n) is 13.2. The van der Waals surface area contributed by atoms with Crippen molar-refractivity contribution in [1.82, 2.24) is 4.98 Å². The van der Waals surface area contributed by atoms with E-state index in [9.17, 15) is 4.39 Å². The van der Waals surface area contributed by atoms with E-state index in [1.165, 1.54) is 11.6 Å². The average Bonchev–Trinajstić information content (AvgIpc) is 2.87. The lowest BCUT2D eigenvalue weighted by Gasteiger charge is -2.06. The van der Waals surface area contributed by atoms with Gasteiger partial charge in [-0.3, -0.25) is 0 Å². The van der Waals surface area contributed by atoms with Crippen LogP contribution < -0.4 is 4.57 Å². The van der Waals surface area contributed by atoms with Crippen LogP contribution in [0.3, 0.4) is 0 Å². The molecule has 0 fully saturated rings. The second kappa shape index (κ2) is 4.88. The second-order valence-corrected chi connectivity index (χ2v) is 5.92. The fourth-order valence-corrected chi connectivity index (χ4v) is 3.04. The molecule has 3 aromatic heterocycles. The monoisotopic (exact) mass is 307 g/mol. The molecular weight excluding hydrogens is 291 g/mol. The highest BCUT2D eigenvalue weighted by atomic mass is 19.1. The van der Waals surface area contributed by atoms with Crippen LogP contribution in [0.15, 0.2) is 47.0 Å². The van der Waals surface area contributed by atoms with Crippen LogP contribution in [0.4, 0.5) is 4.39 Å². The average molecular weight is 307 g/mol. The van der Waals surface area contributed by atoms with Gasteiger partial charge in [-0.2, -0.15) is 9.37 Å². The van der Waals surface area contributed by atoms with Gasteiger partial charge in [-0.1, -0.05) is 12.1 Å². The van der Waals surface area contributed by atoms with Gasteiger partial charge in [0.25, 0.3) is 0 Å². The summed E-state index contributed by atoms with van der Waals surface area (Å²) in [4.78, 5) is 3.88. The molecule has 0 unspecified atom stereocenters. The molecule has 3 nitrogen and oxygen atoms in total. The van der Waals surface area contributed by atoms with Crippen LogP contribution in [0.5, 0.6) is 0 Å². The van der Waals surface area contributed by atoms with Crippen molar-refractivity contribution in [2.24, 2.45) is 7.05 Å². The molecule has 0 N–H and O–H groups in total. The second-order valence-electron chi connectivity index (χ2n) is 5.92. The molecule has 114 valence electrons. The van der Waals surface area contributed by atoms with Crippen LogP contribution in [0.2, 0.25) is 0 Å². The van der Waals surface area contributed by atoms with Crippen LogP contribution in [0.1, 0.15) is 11.1 Å². The standard InChI is InChI=1S/C19H16FN2O/c1-11-8-9-22(3)15(10-11)17-12(2)4-5-13-14-6-7-16(20)21-19(14)23-18(13)17/h4-10H,1-3H3/q+1. The van der Waals surface area contributed by atoms with Crippen molar-refractivity contribution >= 4 is 22.1 Å². The van der Waals surface area contributed by atoms with Gasteiger partial charge in [0.15, 0.2) is 11.8 Å². The predicted octanol–water partition coefficient (Wildman–Crippen LogP) is 4.23. The van der Waals surface area contributed by atoms with Crippen molar-refractivity contribution in [1.29, 1.82) is 0 Å². The van der Waals surface area contributed by atoms with E-state index < -0.39 is 5.95 Å². The number of hydrogen-bond donors (Lipinski definition) is 0. The third-order valence-electron chi connectivity index (χ3n) is 4.24. The predicted molar refractivity (Wildman–Crippen MR) is 87.6 cm³/mol. The Morgan fingerprint density at radius 3 is 2.65 bits per heavy atom. The molecule has 0 saturated carbocycles. The largest absolute Gasteiger partial charge is 0.437 e. The SMILES string of the molecule is Cc1cc[n+](C)c(-c2c(C)ccc3c2oc2nc(F)ccc23)c1. The normalized spacial score (nSPS) is 11.5. The molecule has 3 heterocycles. The number of hydrogen-bond acceptors (Lipinski definition) is 2. The third kappa shape index (κ3) is 2.10. The van der Waals surface area contributed by atoms with E-state index in [-0.39, 0.29) is 0 Å². The molecule has 0 aliphatic rings. The van der Waals surface area contributed by atoms with Gasteiger partial charge in [0, 0.05) is 22.9 Å². The van der Waals surface area contributed by atoms with Crippen molar-refractivity contribution in [3.8, 4) is 11.3 Å². The van der Waals surface area contributed by atoms with Crippen molar-refractivity contribution < 1.29 is 13.4 Å². The summed E-state index contributed by atoms with van der Waals surface area (Å²) in [5.41, 5.74) is 5.45. The number of fused-ring (bicyclic) bond motifs is 3. The number of benzene rings is 1. The molecule has 0 spiro atoms. The summed E-state index contributed by atoms with van der Waals surface area (Å²) in [5.74, 6) is -0.532. The minimum atomic E-state index is -0.532. The Balaban J connectivity index is 2.15. The van der Waals surface area contributed by atoms with Crippen molar-refractivity contribution in [2.75, 3.05) is 0 Å². The number of pyridine rings is 2. The summed E-state index contributed by atoms with van der Waals surface area (Å²) in [6, 6.07) is 11.4. The van der Waals surface area contributed by atoms with Gasteiger partial charge < -0.3 is 4.42 Å². The molecule has 1 aromatic carbocycles. The summed E-state index contributed by atoms with van der Waals surface area (Å²) >= 11 is 0. The van der Waals surface area contributed by atoms with E-state index in [1.54, 1.807) is 6.07 Å². The van der Waals surface area contributed by atoms with E-state index in [0.717, 1.165) is 33.2 Å². The first kappa shape index (κ1) is 13.9. The van der Waals surface area contributed by atoms with Gasteiger partial charge in [-0.15, -0.1) is 0 Å². The van der Waals surface area contributed by atoms with Crippen molar-refractivity contribution in [3.05, 3.63) is 59.7 Å². The fourth-order valence-electron chi connectivity index (χ4n) is 3.04. The van der Waals surface area contributed by atoms with Crippen molar-refractivity contribution in [3.63, 3.8) is 0 Å². The first-order chi connectivity index (χ1) is 11.0. The third-order valence-corrected chi connectivity index (χ3v) is 4.24. The van der Waals surface area contributed by atoms with Crippen LogP contribution in [-0.2, 0) is 7.05 Å². The molecular formula is C19H16FN2O+. The molecule has 0 aliphatic carbocycles. The lowest BCUT2D eigenvalue weighted by Crippen LogP contribution is -2.30. The molecule has 0 atom stereocenters. The van der Waals surface area contributed by atoms with Crippen molar-refractivity contribution in [2.45, 2.75) is 13.8 Å². The fraction of sp³-hybridized carbons (Fsp3) is 0.158. The molecule has 4 rings (SSSR count). The van der Waals surface area contributed by atoms with E-state index in [4.69, 9.17) is 4.42 Å². The summed E-state index contributed by atoms with van der Waals surface area (Å²) in [5, 5.41) is 1.78. The van der Waals surface area contributed by atoms with E-state index in [1.807, 2.05) is 19.3 Å². The molecule has 0 aliphatic heterocycles. The van der Waals surface area contributed by atoms with Gasteiger partial charge in [0.1, 0.15) is 7.05 Å². The van der Waals surface area contributed by atoms with Crippen LogP contribution in [0.25, 0.3) is 33.3 Å². The summed E-state index contributed by atoms with van der Waals surface area (Å²) in [6.45, 7) is 4.12. The van der Waals surface area contributed by atoms with Crippen LogP contribution in [0, 0.1) is 19.8 Å². The molecule has 23 heavy (non-hydrogen) atoms. The number of furan rings is 1. The van der Waals surface area contributed by atoms with E-state index in [0.29, 0.717) is 5.71 Å². The van der Waals surface area contributed by atoms with Gasteiger partial charge in [0.05, 0.1) is 5.56 Å². The Kier molecular flexibility index (Phi) is 2.94. The molecule has 0 radical (unpaired) electrons. The van der Waals surface area contributed by atoms with Gasteiger partial charge in [0.2, 0.25) is 17.4 Å². The van der Waals surface area contributed by atoms with Crippen LogP contribution in [-0.4, -0.2) is 4.98 Å². The van der Waals surface area contributed by atoms with Gasteiger partial charge in [-0.25, -0.2) is 4.57 Å². The quantitative estimate of drug-likeness (QED) is 0.389. The minimum Gasteiger partial charge on any atom is -0.437 e. The van der Waals surface area contributed by atoms with Crippen LogP contribution >= 0.6 is 0 Å². The Bertz CT molecular complexity index is 1070. The molecule has 4 aromatic rings. The number of nitrogens with zero attached hydrogens (tertiary/aromatic N) is 2. The number of rotatable bonds is 1. The Morgan fingerprint density at radius 2 is 1.83 bits per heavy atom. The smallest absolute Gasteiger partial charge is 0.229 e. The molecule has 0 amide bonds. The van der Waals surface area contributed by atoms with E-state index in [2.05, 4.69) is 41.6 Å². The summed E-state index contributed by atoms with van der Waals surface area (Å²) in [6.07, 6.45) is 2.03. The highest BCUT2D eigenvalue weighted by molar-refractivity contribution is 6.08. The van der Waals surface area contributed by atoms with Gasteiger partial charge in [-0.05, 0) is 37.1 Å². The first-order valence-electron chi connectivity index (χ1n) is 7.49.